The predicted molar refractivity (Wildman–Crippen MR) is 80.0 cm³/mol. The average molecular weight is 297 g/mol. The van der Waals surface area contributed by atoms with Crippen LogP contribution in [-0.2, 0) is 23.0 Å². The number of benzene rings is 1. The van der Waals surface area contributed by atoms with Gasteiger partial charge in [0.15, 0.2) is 0 Å². The van der Waals surface area contributed by atoms with E-state index in [1.807, 2.05) is 6.07 Å². The Morgan fingerprint density at radius 3 is 2.80 bits per heavy atom. The second kappa shape index (κ2) is 6.67. The van der Waals surface area contributed by atoms with E-state index in [0.29, 0.717) is 4.90 Å². The van der Waals surface area contributed by atoms with Crippen molar-refractivity contribution in [3.8, 4) is 0 Å². The summed E-state index contributed by atoms with van der Waals surface area (Å²) in [4.78, 5) is 2.72. The van der Waals surface area contributed by atoms with Crippen molar-refractivity contribution in [1.82, 2.24) is 9.62 Å². The van der Waals surface area contributed by atoms with Gasteiger partial charge in [0, 0.05) is 13.1 Å². The molecule has 3 N–H and O–H groups in total. The van der Waals surface area contributed by atoms with Gasteiger partial charge in [-0.05, 0) is 62.7 Å². The van der Waals surface area contributed by atoms with Crippen molar-refractivity contribution in [2.75, 3.05) is 26.7 Å². The number of nitrogens with one attached hydrogen (secondary N) is 1. The van der Waals surface area contributed by atoms with Gasteiger partial charge in [-0.1, -0.05) is 6.07 Å². The number of nitrogens with zero attached hydrogens (tertiary/aromatic N) is 1. The first kappa shape index (κ1) is 15.4. The van der Waals surface area contributed by atoms with Gasteiger partial charge in [-0.2, -0.15) is 0 Å². The second-order valence-corrected chi connectivity index (χ2v) is 7.05. The van der Waals surface area contributed by atoms with E-state index < -0.39 is 10.0 Å². The Labute approximate surface area is 121 Å². The molecule has 0 amide bonds. The van der Waals surface area contributed by atoms with Crippen molar-refractivity contribution in [3.63, 3.8) is 0 Å². The number of sulfonamides is 1. The summed E-state index contributed by atoms with van der Waals surface area (Å²) in [6.45, 7) is 3.62. The maximum absolute atomic E-state index is 11.8. The molecule has 1 aliphatic heterocycles. The van der Waals surface area contributed by atoms with Crippen LogP contribution in [0.1, 0.15) is 24.0 Å². The normalized spacial score (nSPS) is 16.1. The monoisotopic (exact) mass is 297 g/mol. The standard InChI is InChI=1S/C14H23N3O2S/c1-16-20(18,19)14-5-4-12-6-9-17(8-3-2-7-15)11-13(12)10-14/h4-5,10,16H,2-3,6-9,11,15H2,1H3. The zero-order valence-corrected chi connectivity index (χ0v) is 12.7. The van der Waals surface area contributed by atoms with E-state index in [2.05, 4.69) is 9.62 Å². The van der Waals surface area contributed by atoms with E-state index in [-0.39, 0.29) is 0 Å². The average Bonchev–Trinajstić information content (AvgIpc) is 2.46. The van der Waals surface area contributed by atoms with Gasteiger partial charge in [0.1, 0.15) is 0 Å². The van der Waals surface area contributed by atoms with Gasteiger partial charge in [0.25, 0.3) is 0 Å². The van der Waals surface area contributed by atoms with Crippen LogP contribution in [0.5, 0.6) is 0 Å². The molecule has 0 radical (unpaired) electrons. The molecule has 0 unspecified atom stereocenters. The van der Waals surface area contributed by atoms with Gasteiger partial charge < -0.3 is 5.73 Å². The maximum Gasteiger partial charge on any atom is 0.240 e. The second-order valence-electron chi connectivity index (χ2n) is 5.16. The first-order valence-electron chi connectivity index (χ1n) is 7.04. The van der Waals surface area contributed by atoms with Crippen LogP contribution in [-0.4, -0.2) is 40.0 Å². The largest absolute Gasteiger partial charge is 0.330 e. The van der Waals surface area contributed by atoms with E-state index in [1.165, 1.54) is 12.6 Å². The summed E-state index contributed by atoms with van der Waals surface area (Å²) in [6.07, 6.45) is 3.12. The van der Waals surface area contributed by atoms with E-state index in [4.69, 9.17) is 5.73 Å². The third-order valence-corrected chi connectivity index (χ3v) is 5.19. The molecule has 0 bridgehead atoms. The molecule has 1 aromatic carbocycles. The summed E-state index contributed by atoms with van der Waals surface area (Å²) in [5.41, 5.74) is 7.90. The third kappa shape index (κ3) is 3.58. The number of hydrogen-bond donors (Lipinski definition) is 2. The first-order chi connectivity index (χ1) is 9.56. The Morgan fingerprint density at radius 2 is 2.10 bits per heavy atom. The molecule has 1 aromatic rings. The molecule has 0 aromatic heterocycles. The van der Waals surface area contributed by atoms with Crippen LogP contribution >= 0.6 is 0 Å². The van der Waals surface area contributed by atoms with E-state index in [1.54, 1.807) is 12.1 Å². The zero-order valence-electron chi connectivity index (χ0n) is 11.9. The van der Waals surface area contributed by atoms with Crippen molar-refractivity contribution < 1.29 is 8.42 Å². The molecule has 0 saturated carbocycles. The van der Waals surface area contributed by atoms with Crippen molar-refractivity contribution in [2.45, 2.75) is 30.7 Å². The molecule has 0 atom stereocenters. The van der Waals surface area contributed by atoms with E-state index in [0.717, 1.165) is 51.0 Å². The minimum Gasteiger partial charge on any atom is -0.330 e. The fourth-order valence-electron chi connectivity index (χ4n) is 2.55. The molecule has 20 heavy (non-hydrogen) atoms. The number of nitrogens with two attached hydrogens (primary N) is 1. The first-order valence-corrected chi connectivity index (χ1v) is 8.53. The number of unbranched alkanes of at least 4 members (excludes halogenated alkanes) is 1. The van der Waals surface area contributed by atoms with Gasteiger partial charge in [-0.25, -0.2) is 13.1 Å². The van der Waals surface area contributed by atoms with Crippen LogP contribution in [0.2, 0.25) is 0 Å². The molecule has 112 valence electrons. The van der Waals surface area contributed by atoms with Crippen molar-refractivity contribution in [2.24, 2.45) is 5.73 Å². The fourth-order valence-corrected chi connectivity index (χ4v) is 3.33. The highest BCUT2D eigenvalue weighted by atomic mass is 32.2. The topological polar surface area (TPSA) is 75.4 Å². The summed E-state index contributed by atoms with van der Waals surface area (Å²) in [6, 6.07) is 5.43. The number of hydrogen-bond acceptors (Lipinski definition) is 4. The highest BCUT2D eigenvalue weighted by molar-refractivity contribution is 7.89. The summed E-state index contributed by atoms with van der Waals surface area (Å²) in [7, 11) is -1.92. The lowest BCUT2D eigenvalue weighted by Gasteiger charge is -2.29. The van der Waals surface area contributed by atoms with Gasteiger partial charge in [0.05, 0.1) is 4.90 Å². The highest BCUT2D eigenvalue weighted by Gasteiger charge is 2.19. The molecule has 0 aliphatic carbocycles. The number of fused-ring (bicyclic) bond motifs is 1. The molecular formula is C14H23N3O2S. The SMILES string of the molecule is CNS(=O)(=O)c1ccc2c(c1)CN(CCCCN)CC2. The Balaban J connectivity index is 2.12. The smallest absolute Gasteiger partial charge is 0.240 e. The highest BCUT2D eigenvalue weighted by Crippen LogP contribution is 2.22. The Kier molecular flexibility index (Phi) is 5.15. The molecule has 0 spiro atoms. The molecule has 0 fully saturated rings. The quantitative estimate of drug-likeness (QED) is 0.758. The lowest BCUT2D eigenvalue weighted by molar-refractivity contribution is 0.249. The summed E-state index contributed by atoms with van der Waals surface area (Å²) in [5.74, 6) is 0. The van der Waals surface area contributed by atoms with Gasteiger partial charge in [0.2, 0.25) is 10.0 Å². The summed E-state index contributed by atoms with van der Waals surface area (Å²) >= 11 is 0. The molecule has 2 rings (SSSR count). The van der Waals surface area contributed by atoms with E-state index >= 15 is 0 Å². The van der Waals surface area contributed by atoms with Crippen molar-refractivity contribution >= 4 is 10.0 Å². The van der Waals surface area contributed by atoms with Crippen LogP contribution in [0.25, 0.3) is 0 Å². The predicted octanol–water partition coefficient (Wildman–Crippen LogP) is 0.692. The van der Waals surface area contributed by atoms with Crippen LogP contribution in [0.4, 0.5) is 0 Å². The van der Waals surface area contributed by atoms with Crippen LogP contribution in [0, 0.1) is 0 Å². The fraction of sp³-hybridized carbons (Fsp3) is 0.571. The molecule has 5 nitrogen and oxygen atoms in total. The van der Waals surface area contributed by atoms with E-state index in [9.17, 15) is 8.42 Å². The maximum atomic E-state index is 11.8. The molecule has 6 heteroatoms. The third-order valence-electron chi connectivity index (χ3n) is 3.78. The van der Waals surface area contributed by atoms with Gasteiger partial charge in [-0.3, -0.25) is 4.90 Å². The molecule has 1 heterocycles. The minimum absolute atomic E-state index is 0.350. The Bertz CT molecular complexity index is 558. The van der Waals surface area contributed by atoms with Crippen molar-refractivity contribution in [1.29, 1.82) is 0 Å². The molecular weight excluding hydrogens is 274 g/mol. The van der Waals surface area contributed by atoms with Crippen LogP contribution in [0.3, 0.4) is 0 Å². The lowest BCUT2D eigenvalue weighted by atomic mass is 10.00. The van der Waals surface area contributed by atoms with Gasteiger partial charge >= 0.3 is 0 Å². The molecule has 0 saturated heterocycles. The lowest BCUT2D eigenvalue weighted by Crippen LogP contribution is -2.32. The molecule has 1 aliphatic rings. The Morgan fingerprint density at radius 1 is 1.30 bits per heavy atom. The van der Waals surface area contributed by atoms with Crippen LogP contribution in [0.15, 0.2) is 23.1 Å². The van der Waals surface area contributed by atoms with Crippen LogP contribution < -0.4 is 10.5 Å². The zero-order chi connectivity index (χ0) is 14.6. The summed E-state index contributed by atoms with van der Waals surface area (Å²) in [5, 5.41) is 0. The minimum atomic E-state index is -3.36. The summed E-state index contributed by atoms with van der Waals surface area (Å²) < 4.78 is 26.0. The van der Waals surface area contributed by atoms with Gasteiger partial charge in [-0.15, -0.1) is 0 Å². The van der Waals surface area contributed by atoms with Crippen molar-refractivity contribution in [3.05, 3.63) is 29.3 Å². The number of rotatable bonds is 6. The Hall–Kier alpha value is -0.950.